The van der Waals surface area contributed by atoms with Gasteiger partial charge in [-0.05, 0) is 98.7 Å². The van der Waals surface area contributed by atoms with E-state index in [1.54, 1.807) is 6.07 Å². The van der Waals surface area contributed by atoms with E-state index in [1.807, 2.05) is 0 Å². The Kier molecular flexibility index (Phi) is 6.52. The van der Waals surface area contributed by atoms with Gasteiger partial charge >= 0.3 is 6.61 Å². The van der Waals surface area contributed by atoms with Gasteiger partial charge in [0.25, 0.3) is 0 Å². The topological polar surface area (TPSA) is 9.23 Å². The van der Waals surface area contributed by atoms with Crippen LogP contribution in [0.15, 0.2) is 18.2 Å². The van der Waals surface area contributed by atoms with Crippen LogP contribution < -0.4 is 4.74 Å². The van der Waals surface area contributed by atoms with Gasteiger partial charge in [0.15, 0.2) is 11.6 Å². The maximum absolute atomic E-state index is 14.0. The molecule has 1 aromatic rings. The fourth-order valence-electron chi connectivity index (χ4n) is 6.40. The van der Waals surface area contributed by atoms with Crippen LogP contribution in [0.1, 0.15) is 88.5 Å². The van der Waals surface area contributed by atoms with Gasteiger partial charge in [0.2, 0.25) is 0 Å². The highest BCUT2D eigenvalue weighted by atomic mass is 19.3. The van der Waals surface area contributed by atoms with Crippen molar-refractivity contribution in [1.29, 1.82) is 0 Å². The van der Waals surface area contributed by atoms with Crippen molar-refractivity contribution in [2.75, 3.05) is 0 Å². The van der Waals surface area contributed by atoms with Crippen LogP contribution in [0.5, 0.6) is 5.75 Å². The monoisotopic (exact) mass is 394 g/mol. The minimum absolute atomic E-state index is 0.348. The van der Waals surface area contributed by atoms with Crippen molar-refractivity contribution in [3.05, 3.63) is 29.6 Å². The standard InChI is InChI=1S/C24H33F3O/c25-22-15-21(13-14-23(22)28-24(26)27)20-11-9-19(10-12-20)18-7-5-17(6-8-18)16-3-1-2-4-16/h13-20,24H,1-12H2/t17-,18-,19-,20-. The zero-order valence-corrected chi connectivity index (χ0v) is 16.7. The molecule has 0 unspecified atom stereocenters. The molecule has 0 aliphatic heterocycles. The fourth-order valence-corrected chi connectivity index (χ4v) is 6.40. The van der Waals surface area contributed by atoms with E-state index in [4.69, 9.17) is 0 Å². The van der Waals surface area contributed by atoms with E-state index in [-0.39, 0.29) is 5.75 Å². The van der Waals surface area contributed by atoms with E-state index in [2.05, 4.69) is 4.74 Å². The van der Waals surface area contributed by atoms with Crippen molar-refractivity contribution in [2.45, 2.75) is 89.6 Å². The molecule has 1 aromatic carbocycles. The molecule has 0 bridgehead atoms. The molecule has 0 N–H and O–H groups in total. The number of alkyl halides is 2. The Bertz CT molecular complexity index is 625. The lowest BCUT2D eigenvalue weighted by atomic mass is 9.66. The lowest BCUT2D eigenvalue weighted by Gasteiger charge is -2.39. The third-order valence-electron chi connectivity index (χ3n) is 7.96. The van der Waals surface area contributed by atoms with Crippen molar-refractivity contribution in [1.82, 2.24) is 0 Å². The third-order valence-corrected chi connectivity index (χ3v) is 7.96. The Morgan fingerprint density at radius 1 is 0.714 bits per heavy atom. The van der Waals surface area contributed by atoms with E-state index in [0.29, 0.717) is 5.92 Å². The van der Waals surface area contributed by atoms with Crippen LogP contribution in [0.4, 0.5) is 13.2 Å². The summed E-state index contributed by atoms with van der Waals surface area (Å²) in [5.74, 6) is 3.04. The fraction of sp³-hybridized carbons (Fsp3) is 0.750. The molecular weight excluding hydrogens is 361 g/mol. The predicted molar refractivity (Wildman–Crippen MR) is 105 cm³/mol. The molecule has 3 aliphatic rings. The van der Waals surface area contributed by atoms with Crippen LogP contribution in [0, 0.1) is 29.5 Å². The molecular formula is C24H33F3O. The number of hydrogen-bond acceptors (Lipinski definition) is 1. The summed E-state index contributed by atoms with van der Waals surface area (Å²) in [7, 11) is 0. The molecule has 0 saturated heterocycles. The Hall–Kier alpha value is -1.19. The second kappa shape index (κ2) is 9.09. The summed E-state index contributed by atoms with van der Waals surface area (Å²) in [6.07, 6.45) is 16.1. The maximum atomic E-state index is 14.0. The molecule has 0 aromatic heterocycles. The third kappa shape index (κ3) is 4.68. The minimum Gasteiger partial charge on any atom is -0.432 e. The molecule has 28 heavy (non-hydrogen) atoms. The molecule has 1 nitrogen and oxygen atoms in total. The number of ether oxygens (including phenoxy) is 1. The summed E-state index contributed by atoms with van der Waals surface area (Å²) in [6, 6.07) is 4.52. The van der Waals surface area contributed by atoms with Gasteiger partial charge in [-0.25, -0.2) is 4.39 Å². The van der Waals surface area contributed by atoms with Crippen molar-refractivity contribution in [3.63, 3.8) is 0 Å². The van der Waals surface area contributed by atoms with Gasteiger partial charge in [-0.1, -0.05) is 31.7 Å². The largest absolute Gasteiger partial charge is 0.432 e. The van der Waals surface area contributed by atoms with Gasteiger partial charge in [0, 0.05) is 0 Å². The van der Waals surface area contributed by atoms with Crippen LogP contribution >= 0.6 is 0 Å². The summed E-state index contributed by atoms with van der Waals surface area (Å²) in [5, 5.41) is 0. The molecule has 4 rings (SSSR count). The van der Waals surface area contributed by atoms with Crippen LogP contribution in [-0.2, 0) is 0 Å². The van der Waals surface area contributed by atoms with E-state index in [0.717, 1.165) is 42.1 Å². The van der Waals surface area contributed by atoms with Crippen molar-refractivity contribution < 1.29 is 17.9 Å². The smallest absolute Gasteiger partial charge is 0.387 e. The van der Waals surface area contributed by atoms with E-state index >= 15 is 0 Å². The summed E-state index contributed by atoms with van der Waals surface area (Å²) >= 11 is 0. The molecule has 3 fully saturated rings. The highest BCUT2D eigenvalue weighted by Crippen LogP contribution is 2.47. The molecule has 156 valence electrons. The summed E-state index contributed by atoms with van der Waals surface area (Å²) in [5.41, 5.74) is 0.933. The number of hydrogen-bond donors (Lipinski definition) is 0. The molecule has 0 spiro atoms. The molecule has 0 radical (unpaired) electrons. The second-order valence-corrected chi connectivity index (χ2v) is 9.40. The Balaban J connectivity index is 1.26. The lowest BCUT2D eigenvalue weighted by molar-refractivity contribution is -0.0522. The van der Waals surface area contributed by atoms with Gasteiger partial charge in [0.05, 0.1) is 0 Å². The molecule has 0 heterocycles. The molecule has 4 heteroatoms. The first-order chi connectivity index (χ1) is 13.6. The van der Waals surface area contributed by atoms with Crippen molar-refractivity contribution in [2.24, 2.45) is 23.7 Å². The van der Waals surface area contributed by atoms with Crippen LogP contribution in [0.2, 0.25) is 0 Å². The van der Waals surface area contributed by atoms with Gasteiger partial charge in [-0.15, -0.1) is 0 Å². The Labute approximate surface area is 167 Å². The van der Waals surface area contributed by atoms with Crippen molar-refractivity contribution in [3.8, 4) is 5.75 Å². The van der Waals surface area contributed by atoms with Gasteiger partial charge in [-0.3, -0.25) is 0 Å². The first-order valence-corrected chi connectivity index (χ1v) is 11.3. The SMILES string of the molecule is Fc1cc([C@H]2CC[C@H]([C@H]3CC[C@H](C4CCCC4)CC3)CC2)ccc1OC(F)F. The minimum atomic E-state index is -2.99. The maximum Gasteiger partial charge on any atom is 0.387 e. The Morgan fingerprint density at radius 2 is 1.21 bits per heavy atom. The summed E-state index contributed by atoms with van der Waals surface area (Å²) in [6.45, 7) is -2.99. The quantitative estimate of drug-likeness (QED) is 0.497. The zero-order chi connectivity index (χ0) is 19.5. The number of benzene rings is 1. The zero-order valence-electron chi connectivity index (χ0n) is 16.7. The number of rotatable bonds is 5. The average molecular weight is 395 g/mol. The second-order valence-electron chi connectivity index (χ2n) is 9.40. The first-order valence-electron chi connectivity index (χ1n) is 11.3. The van der Waals surface area contributed by atoms with E-state index in [9.17, 15) is 13.2 Å². The average Bonchev–Trinajstić information content (AvgIpc) is 3.24. The van der Waals surface area contributed by atoms with Gasteiger partial charge < -0.3 is 4.74 Å². The van der Waals surface area contributed by atoms with Crippen LogP contribution in [-0.4, -0.2) is 6.61 Å². The first kappa shape index (κ1) is 20.1. The molecule has 3 saturated carbocycles. The molecule has 3 aliphatic carbocycles. The number of halogens is 3. The van der Waals surface area contributed by atoms with Gasteiger partial charge in [0.1, 0.15) is 0 Å². The Morgan fingerprint density at radius 3 is 1.71 bits per heavy atom. The van der Waals surface area contributed by atoms with Gasteiger partial charge in [-0.2, -0.15) is 8.78 Å². The van der Waals surface area contributed by atoms with E-state index in [1.165, 1.54) is 76.3 Å². The lowest BCUT2D eigenvalue weighted by Crippen LogP contribution is -2.27. The molecule has 0 amide bonds. The summed E-state index contributed by atoms with van der Waals surface area (Å²) < 4.78 is 42.9. The predicted octanol–water partition coefficient (Wildman–Crippen LogP) is 7.70. The summed E-state index contributed by atoms with van der Waals surface area (Å²) in [4.78, 5) is 0. The highest BCUT2D eigenvalue weighted by Gasteiger charge is 2.34. The van der Waals surface area contributed by atoms with E-state index < -0.39 is 12.4 Å². The molecule has 0 atom stereocenters. The highest BCUT2D eigenvalue weighted by molar-refractivity contribution is 5.31. The van der Waals surface area contributed by atoms with Crippen molar-refractivity contribution >= 4 is 0 Å². The van der Waals surface area contributed by atoms with Crippen LogP contribution in [0.25, 0.3) is 0 Å². The normalized spacial score (nSPS) is 32.0. The van der Waals surface area contributed by atoms with Crippen LogP contribution in [0.3, 0.4) is 0 Å².